The molecule has 166 valence electrons. The summed E-state index contributed by atoms with van der Waals surface area (Å²) in [4.78, 5) is 28.2. The molecule has 2 amide bonds. The van der Waals surface area contributed by atoms with E-state index >= 15 is 0 Å². The number of carbonyl (C=O) groups excluding carboxylic acids is 2. The highest BCUT2D eigenvalue weighted by Crippen LogP contribution is 2.18. The molecule has 1 heterocycles. The van der Waals surface area contributed by atoms with Crippen LogP contribution in [-0.2, 0) is 16.4 Å². The summed E-state index contributed by atoms with van der Waals surface area (Å²) in [6, 6.07) is 17.5. The standard InChI is InChI=1S/C23H24N4O4S/c1-2-3-7-17-11-13-19(14-12-17)27-32(30,31)20-9-6-8-18(16-20)22(28)25-26-23(29)21-10-4-5-15-24-21/h4-6,8-16,27H,2-3,7H2,1H3,(H,25,28)(H,26,29). The topological polar surface area (TPSA) is 117 Å². The third-order valence-electron chi connectivity index (χ3n) is 4.62. The number of amides is 2. The molecule has 0 saturated carbocycles. The average Bonchev–Trinajstić information content (AvgIpc) is 2.82. The van der Waals surface area contributed by atoms with Gasteiger partial charge < -0.3 is 0 Å². The number of hydrazine groups is 1. The molecule has 3 rings (SSSR count). The van der Waals surface area contributed by atoms with E-state index in [0.29, 0.717) is 5.69 Å². The van der Waals surface area contributed by atoms with E-state index in [4.69, 9.17) is 0 Å². The van der Waals surface area contributed by atoms with Crippen LogP contribution in [0.5, 0.6) is 0 Å². The van der Waals surface area contributed by atoms with Crippen molar-refractivity contribution in [1.29, 1.82) is 0 Å². The average molecular weight is 453 g/mol. The van der Waals surface area contributed by atoms with E-state index in [-0.39, 0.29) is 16.2 Å². The molecule has 2 aromatic carbocycles. The van der Waals surface area contributed by atoms with Gasteiger partial charge in [-0.15, -0.1) is 0 Å². The zero-order valence-electron chi connectivity index (χ0n) is 17.5. The van der Waals surface area contributed by atoms with Crippen molar-refractivity contribution in [2.45, 2.75) is 31.1 Å². The number of aryl methyl sites for hydroxylation is 1. The Bertz CT molecular complexity index is 1180. The largest absolute Gasteiger partial charge is 0.288 e. The fourth-order valence-corrected chi connectivity index (χ4v) is 3.99. The van der Waals surface area contributed by atoms with Gasteiger partial charge in [-0.05, 0) is 60.9 Å². The van der Waals surface area contributed by atoms with Crippen molar-refractivity contribution in [3.8, 4) is 0 Å². The summed E-state index contributed by atoms with van der Waals surface area (Å²) in [6.07, 6.45) is 4.56. The number of nitrogens with zero attached hydrogens (tertiary/aromatic N) is 1. The number of aromatic nitrogens is 1. The maximum absolute atomic E-state index is 12.8. The first-order valence-corrected chi connectivity index (χ1v) is 11.6. The van der Waals surface area contributed by atoms with Crippen LogP contribution in [-0.4, -0.2) is 25.2 Å². The van der Waals surface area contributed by atoms with Gasteiger partial charge in [-0.3, -0.25) is 30.1 Å². The SMILES string of the molecule is CCCCc1ccc(NS(=O)(=O)c2cccc(C(=O)NNC(=O)c3ccccn3)c2)cc1. The Kier molecular flexibility index (Phi) is 7.56. The van der Waals surface area contributed by atoms with Crippen LogP contribution in [0.4, 0.5) is 5.69 Å². The summed E-state index contributed by atoms with van der Waals surface area (Å²) in [5.41, 5.74) is 6.28. The maximum Gasteiger partial charge on any atom is 0.288 e. The number of hydrogen-bond donors (Lipinski definition) is 3. The quantitative estimate of drug-likeness (QED) is 0.453. The summed E-state index contributed by atoms with van der Waals surface area (Å²) in [5, 5.41) is 0. The Balaban J connectivity index is 1.66. The lowest BCUT2D eigenvalue weighted by molar-refractivity contribution is 0.0844. The van der Waals surface area contributed by atoms with Crippen molar-refractivity contribution >= 4 is 27.5 Å². The van der Waals surface area contributed by atoms with Gasteiger partial charge in [0.2, 0.25) is 0 Å². The number of nitrogens with one attached hydrogen (secondary N) is 3. The number of rotatable bonds is 8. The number of benzene rings is 2. The van der Waals surface area contributed by atoms with Crippen molar-refractivity contribution in [3.63, 3.8) is 0 Å². The molecule has 0 unspecified atom stereocenters. The van der Waals surface area contributed by atoms with Gasteiger partial charge in [0.05, 0.1) is 4.90 Å². The van der Waals surface area contributed by atoms with Crippen LogP contribution in [0.15, 0.2) is 77.8 Å². The molecule has 0 aliphatic rings. The highest BCUT2D eigenvalue weighted by Gasteiger charge is 2.17. The predicted molar refractivity (Wildman–Crippen MR) is 121 cm³/mol. The van der Waals surface area contributed by atoms with E-state index in [1.165, 1.54) is 36.5 Å². The molecule has 8 nitrogen and oxygen atoms in total. The number of unbranched alkanes of at least 4 members (excludes halogenated alkanes) is 1. The number of carbonyl (C=O) groups is 2. The molecule has 0 aliphatic heterocycles. The van der Waals surface area contributed by atoms with E-state index in [0.717, 1.165) is 24.8 Å². The number of pyridine rings is 1. The van der Waals surface area contributed by atoms with Gasteiger partial charge in [-0.2, -0.15) is 0 Å². The van der Waals surface area contributed by atoms with Crippen LogP contribution in [0.3, 0.4) is 0 Å². The Morgan fingerprint density at radius 3 is 2.34 bits per heavy atom. The zero-order chi connectivity index (χ0) is 23.0. The molecule has 32 heavy (non-hydrogen) atoms. The number of anilines is 1. The third kappa shape index (κ3) is 6.14. The molecule has 0 bridgehead atoms. The van der Waals surface area contributed by atoms with Crippen LogP contribution in [0.1, 0.15) is 46.2 Å². The van der Waals surface area contributed by atoms with Gasteiger partial charge in [-0.1, -0.05) is 37.6 Å². The molecule has 9 heteroatoms. The van der Waals surface area contributed by atoms with Gasteiger partial charge in [0.1, 0.15) is 5.69 Å². The van der Waals surface area contributed by atoms with Gasteiger partial charge >= 0.3 is 0 Å². The number of sulfonamides is 1. The minimum atomic E-state index is -3.90. The molecule has 0 saturated heterocycles. The van der Waals surface area contributed by atoms with E-state index in [9.17, 15) is 18.0 Å². The summed E-state index contributed by atoms with van der Waals surface area (Å²) >= 11 is 0. The molecular formula is C23H24N4O4S. The monoisotopic (exact) mass is 452 g/mol. The first-order chi connectivity index (χ1) is 15.4. The van der Waals surface area contributed by atoms with Gasteiger partial charge in [-0.25, -0.2) is 8.42 Å². The number of hydrogen-bond acceptors (Lipinski definition) is 5. The van der Waals surface area contributed by atoms with E-state index in [1.807, 2.05) is 12.1 Å². The van der Waals surface area contributed by atoms with Crippen LogP contribution in [0.2, 0.25) is 0 Å². The van der Waals surface area contributed by atoms with Crippen molar-refractivity contribution < 1.29 is 18.0 Å². The van der Waals surface area contributed by atoms with E-state index in [2.05, 4.69) is 27.5 Å². The van der Waals surface area contributed by atoms with Crippen molar-refractivity contribution in [1.82, 2.24) is 15.8 Å². The molecule has 1 aromatic heterocycles. The lowest BCUT2D eigenvalue weighted by Gasteiger charge is -2.11. The summed E-state index contributed by atoms with van der Waals surface area (Å²) in [6.45, 7) is 2.12. The molecule has 0 aliphatic carbocycles. The normalized spacial score (nSPS) is 10.9. The van der Waals surface area contributed by atoms with Gasteiger partial charge in [0.15, 0.2) is 0 Å². The minimum absolute atomic E-state index is 0.0729. The Morgan fingerprint density at radius 1 is 0.906 bits per heavy atom. The summed E-state index contributed by atoms with van der Waals surface area (Å²) < 4.78 is 28.0. The van der Waals surface area contributed by atoms with Gasteiger partial charge in [0.25, 0.3) is 21.8 Å². The highest BCUT2D eigenvalue weighted by atomic mass is 32.2. The predicted octanol–water partition coefficient (Wildman–Crippen LogP) is 3.30. The van der Waals surface area contributed by atoms with Crippen LogP contribution >= 0.6 is 0 Å². The smallest absolute Gasteiger partial charge is 0.280 e. The molecular weight excluding hydrogens is 428 g/mol. The van der Waals surface area contributed by atoms with Crippen LogP contribution in [0, 0.1) is 0 Å². The lowest BCUT2D eigenvalue weighted by Crippen LogP contribution is -2.42. The molecule has 3 N–H and O–H groups in total. The molecule has 0 atom stereocenters. The molecule has 0 spiro atoms. The molecule has 0 radical (unpaired) electrons. The first-order valence-electron chi connectivity index (χ1n) is 10.1. The second kappa shape index (κ2) is 10.5. The summed E-state index contributed by atoms with van der Waals surface area (Å²) in [5.74, 6) is -1.25. The fraction of sp³-hybridized carbons (Fsp3) is 0.174. The Morgan fingerprint density at radius 2 is 1.66 bits per heavy atom. The van der Waals surface area contributed by atoms with Crippen molar-refractivity contribution in [2.24, 2.45) is 0 Å². The third-order valence-corrected chi connectivity index (χ3v) is 6.00. The Labute approximate surface area is 187 Å². The second-order valence-electron chi connectivity index (χ2n) is 7.06. The van der Waals surface area contributed by atoms with Crippen molar-refractivity contribution in [2.75, 3.05) is 4.72 Å². The Hall–Kier alpha value is -3.72. The first kappa shape index (κ1) is 23.0. The van der Waals surface area contributed by atoms with E-state index < -0.39 is 21.8 Å². The van der Waals surface area contributed by atoms with E-state index in [1.54, 1.807) is 24.3 Å². The maximum atomic E-state index is 12.8. The second-order valence-corrected chi connectivity index (χ2v) is 8.74. The van der Waals surface area contributed by atoms with Gasteiger partial charge in [0, 0.05) is 17.4 Å². The lowest BCUT2D eigenvalue weighted by atomic mass is 10.1. The molecule has 3 aromatic rings. The summed E-state index contributed by atoms with van der Waals surface area (Å²) in [7, 11) is -3.90. The minimum Gasteiger partial charge on any atom is -0.280 e. The fourth-order valence-electron chi connectivity index (χ4n) is 2.89. The van der Waals surface area contributed by atoms with Crippen LogP contribution < -0.4 is 15.6 Å². The van der Waals surface area contributed by atoms with Crippen LogP contribution in [0.25, 0.3) is 0 Å². The van der Waals surface area contributed by atoms with Crippen molar-refractivity contribution in [3.05, 3.63) is 89.7 Å². The molecule has 0 fully saturated rings. The highest BCUT2D eigenvalue weighted by molar-refractivity contribution is 7.92. The zero-order valence-corrected chi connectivity index (χ0v) is 18.4.